The van der Waals surface area contributed by atoms with Crippen LogP contribution in [0.5, 0.6) is 0 Å². The average molecular weight is 413 g/mol. The molecule has 1 aromatic carbocycles. The van der Waals surface area contributed by atoms with Gasteiger partial charge in [-0.25, -0.2) is 4.99 Å². The summed E-state index contributed by atoms with van der Waals surface area (Å²) in [6.07, 6.45) is 0. The van der Waals surface area contributed by atoms with E-state index >= 15 is 0 Å². The van der Waals surface area contributed by atoms with Crippen LogP contribution < -0.4 is 10.6 Å². The number of thiophene rings is 1. The highest BCUT2D eigenvalue weighted by molar-refractivity contribution is 7.08. The summed E-state index contributed by atoms with van der Waals surface area (Å²) in [5, 5.41) is 29.7. The summed E-state index contributed by atoms with van der Waals surface area (Å²) in [4.78, 5) is 4.68. The highest BCUT2D eigenvalue weighted by Crippen LogP contribution is 2.22. The zero-order valence-corrected chi connectivity index (χ0v) is 18.1. The van der Waals surface area contributed by atoms with E-state index in [9.17, 15) is 5.11 Å². The minimum absolute atomic E-state index is 0.0507. The lowest BCUT2D eigenvalue weighted by Gasteiger charge is -2.25. The minimum Gasteiger partial charge on any atom is -0.384 e. The fraction of sp³-hybridized carbons (Fsp3) is 0.381. The van der Waals surface area contributed by atoms with Crippen LogP contribution in [0.4, 0.5) is 0 Å². The SMILES string of the molecule is Cc1nnc(CN=C(NCC(C)(O)c2ccsc2)NC(C)c2ccccc2)n1C. The number of benzene rings is 1. The Hall–Kier alpha value is -2.71. The smallest absolute Gasteiger partial charge is 0.192 e. The standard InChI is InChI=1S/C21H28N6OS/c1-15(17-8-6-5-7-9-17)24-20(22-12-19-26-25-16(2)27(19)4)23-14-21(3,28)18-10-11-29-13-18/h5-11,13,15,28H,12,14H2,1-4H3,(H2,22,23,24). The number of aromatic nitrogens is 3. The van der Waals surface area contributed by atoms with E-state index in [0.717, 1.165) is 22.8 Å². The molecule has 0 saturated carbocycles. The molecule has 154 valence electrons. The Morgan fingerprint density at radius 3 is 2.66 bits per heavy atom. The molecule has 29 heavy (non-hydrogen) atoms. The first kappa shape index (κ1) is 21.0. The van der Waals surface area contributed by atoms with Crippen molar-refractivity contribution in [2.24, 2.45) is 12.0 Å². The third-order valence-electron chi connectivity index (χ3n) is 4.96. The number of aliphatic hydroxyl groups is 1. The number of nitrogens with one attached hydrogen (secondary N) is 2. The van der Waals surface area contributed by atoms with Crippen LogP contribution >= 0.6 is 11.3 Å². The van der Waals surface area contributed by atoms with Gasteiger partial charge in [-0.05, 0) is 48.7 Å². The molecular formula is C21H28N6OS. The molecule has 0 fully saturated rings. The van der Waals surface area contributed by atoms with Crippen LogP contribution in [0.2, 0.25) is 0 Å². The summed E-state index contributed by atoms with van der Waals surface area (Å²) < 4.78 is 1.92. The summed E-state index contributed by atoms with van der Waals surface area (Å²) in [5.41, 5.74) is 1.04. The van der Waals surface area contributed by atoms with Gasteiger partial charge in [0.2, 0.25) is 0 Å². The van der Waals surface area contributed by atoms with Crippen molar-refractivity contribution < 1.29 is 5.11 Å². The van der Waals surface area contributed by atoms with Crippen LogP contribution in [0.3, 0.4) is 0 Å². The van der Waals surface area contributed by atoms with Crippen molar-refractivity contribution in [3.8, 4) is 0 Å². The van der Waals surface area contributed by atoms with Crippen LogP contribution in [0, 0.1) is 6.92 Å². The van der Waals surface area contributed by atoms with E-state index in [4.69, 9.17) is 0 Å². The molecule has 0 aliphatic carbocycles. The topological polar surface area (TPSA) is 87.4 Å². The van der Waals surface area contributed by atoms with Crippen LogP contribution in [0.1, 0.15) is 42.7 Å². The van der Waals surface area contributed by atoms with Gasteiger partial charge in [-0.2, -0.15) is 11.3 Å². The quantitative estimate of drug-likeness (QED) is 0.410. The van der Waals surface area contributed by atoms with Gasteiger partial charge in [0.05, 0.1) is 12.6 Å². The molecule has 2 unspecified atom stereocenters. The molecule has 0 spiro atoms. The molecule has 3 N–H and O–H groups in total. The summed E-state index contributed by atoms with van der Waals surface area (Å²) in [6.45, 7) is 6.50. The normalized spacial score (nSPS) is 15.0. The van der Waals surface area contributed by atoms with Gasteiger partial charge >= 0.3 is 0 Å². The van der Waals surface area contributed by atoms with Crippen LogP contribution in [0.15, 0.2) is 52.2 Å². The molecule has 0 radical (unpaired) electrons. The number of hydrogen-bond acceptors (Lipinski definition) is 5. The zero-order valence-electron chi connectivity index (χ0n) is 17.3. The van der Waals surface area contributed by atoms with Crippen molar-refractivity contribution in [2.45, 2.75) is 39.0 Å². The van der Waals surface area contributed by atoms with Crippen molar-refractivity contribution in [2.75, 3.05) is 6.54 Å². The first-order valence-corrected chi connectivity index (χ1v) is 10.5. The second kappa shape index (κ2) is 9.19. The van der Waals surface area contributed by atoms with E-state index in [1.807, 2.05) is 53.6 Å². The van der Waals surface area contributed by atoms with Crippen molar-refractivity contribution in [1.29, 1.82) is 0 Å². The average Bonchev–Trinajstić information content (AvgIpc) is 3.37. The molecule has 3 rings (SSSR count). The van der Waals surface area contributed by atoms with Crippen molar-refractivity contribution in [3.63, 3.8) is 0 Å². The van der Waals surface area contributed by atoms with E-state index in [-0.39, 0.29) is 6.04 Å². The van der Waals surface area contributed by atoms with Crippen molar-refractivity contribution >= 4 is 17.3 Å². The first-order valence-electron chi connectivity index (χ1n) is 9.56. The third kappa shape index (κ3) is 5.42. The fourth-order valence-corrected chi connectivity index (χ4v) is 3.63. The van der Waals surface area contributed by atoms with Crippen LogP contribution in [0.25, 0.3) is 0 Å². The molecule has 0 bridgehead atoms. The van der Waals surface area contributed by atoms with E-state index in [0.29, 0.717) is 19.0 Å². The highest BCUT2D eigenvalue weighted by Gasteiger charge is 2.24. The number of aliphatic imine (C=N–C) groups is 1. The Morgan fingerprint density at radius 2 is 2.03 bits per heavy atom. The lowest BCUT2D eigenvalue weighted by atomic mass is 9.99. The van der Waals surface area contributed by atoms with E-state index in [2.05, 4.69) is 44.9 Å². The second-order valence-electron chi connectivity index (χ2n) is 7.30. The van der Waals surface area contributed by atoms with Gasteiger partial charge in [0, 0.05) is 7.05 Å². The fourth-order valence-electron chi connectivity index (χ4n) is 2.85. The van der Waals surface area contributed by atoms with Gasteiger partial charge in [0.25, 0.3) is 0 Å². The largest absolute Gasteiger partial charge is 0.384 e. The molecular weight excluding hydrogens is 384 g/mol. The van der Waals surface area contributed by atoms with E-state index in [1.54, 1.807) is 18.3 Å². The number of guanidine groups is 1. The number of aryl methyl sites for hydroxylation is 1. The van der Waals surface area contributed by atoms with Gasteiger partial charge in [-0.3, -0.25) is 0 Å². The minimum atomic E-state index is -1.00. The molecule has 2 atom stereocenters. The van der Waals surface area contributed by atoms with E-state index < -0.39 is 5.60 Å². The maximum atomic E-state index is 10.8. The number of rotatable bonds is 7. The summed E-state index contributed by atoms with van der Waals surface area (Å²) in [5.74, 6) is 2.23. The van der Waals surface area contributed by atoms with Gasteiger partial charge in [-0.15, -0.1) is 10.2 Å². The molecule has 2 aromatic heterocycles. The Balaban J connectivity index is 1.75. The summed E-state index contributed by atoms with van der Waals surface area (Å²) in [7, 11) is 1.93. The molecule has 0 aliphatic heterocycles. The maximum absolute atomic E-state index is 10.8. The Bertz CT molecular complexity index is 934. The predicted molar refractivity (Wildman–Crippen MR) is 117 cm³/mol. The molecule has 0 amide bonds. The van der Waals surface area contributed by atoms with Gasteiger partial charge < -0.3 is 20.3 Å². The van der Waals surface area contributed by atoms with Crippen LogP contribution in [-0.4, -0.2) is 32.4 Å². The Labute approximate surface area is 175 Å². The predicted octanol–water partition coefficient (Wildman–Crippen LogP) is 2.89. The van der Waals surface area contributed by atoms with Gasteiger partial charge in [0.1, 0.15) is 18.0 Å². The molecule has 0 aliphatic rings. The van der Waals surface area contributed by atoms with E-state index in [1.165, 1.54) is 0 Å². The zero-order chi connectivity index (χ0) is 20.9. The van der Waals surface area contributed by atoms with Gasteiger partial charge in [-0.1, -0.05) is 30.3 Å². The Kier molecular flexibility index (Phi) is 6.66. The molecule has 2 heterocycles. The molecule has 7 nitrogen and oxygen atoms in total. The molecule has 8 heteroatoms. The van der Waals surface area contributed by atoms with Crippen molar-refractivity contribution in [3.05, 3.63) is 69.9 Å². The number of hydrogen-bond donors (Lipinski definition) is 3. The first-order chi connectivity index (χ1) is 13.9. The third-order valence-corrected chi connectivity index (χ3v) is 5.64. The lowest BCUT2D eigenvalue weighted by Crippen LogP contribution is -2.45. The number of nitrogens with zero attached hydrogens (tertiary/aromatic N) is 4. The second-order valence-corrected chi connectivity index (χ2v) is 8.08. The summed E-state index contributed by atoms with van der Waals surface area (Å²) in [6, 6.07) is 12.2. The van der Waals surface area contributed by atoms with Crippen molar-refractivity contribution in [1.82, 2.24) is 25.4 Å². The van der Waals surface area contributed by atoms with Crippen LogP contribution in [-0.2, 0) is 19.2 Å². The molecule has 3 aromatic rings. The highest BCUT2D eigenvalue weighted by atomic mass is 32.1. The maximum Gasteiger partial charge on any atom is 0.192 e. The monoisotopic (exact) mass is 412 g/mol. The summed E-state index contributed by atoms with van der Waals surface area (Å²) >= 11 is 1.57. The molecule has 0 saturated heterocycles. The van der Waals surface area contributed by atoms with Gasteiger partial charge in [0.15, 0.2) is 11.8 Å². The Morgan fingerprint density at radius 1 is 1.28 bits per heavy atom. The lowest BCUT2D eigenvalue weighted by molar-refractivity contribution is 0.0621.